The molecule has 0 unspecified atom stereocenters. The van der Waals surface area contributed by atoms with Crippen molar-refractivity contribution in [2.45, 2.75) is 50.5 Å². The molecule has 3 aromatic rings. The fraction of sp³-hybridized carbons (Fsp3) is 0.400. The second-order valence-corrected chi connectivity index (χ2v) is 9.03. The lowest BCUT2D eigenvalue weighted by atomic mass is 9.89. The minimum Gasteiger partial charge on any atom is -0.356 e. The van der Waals surface area contributed by atoms with E-state index >= 15 is 0 Å². The average molecular weight is 430 g/mol. The lowest BCUT2D eigenvalue weighted by molar-refractivity contribution is -0.140. The molecule has 2 atom stereocenters. The van der Waals surface area contributed by atoms with E-state index in [1.807, 2.05) is 60.5 Å². The average Bonchev–Trinajstić information content (AvgIpc) is 3.51. The molecule has 5 heterocycles. The van der Waals surface area contributed by atoms with Crippen LogP contribution in [0.15, 0.2) is 60.8 Å². The Labute approximate surface area is 187 Å². The van der Waals surface area contributed by atoms with Gasteiger partial charge in [-0.1, -0.05) is 36.4 Å². The van der Waals surface area contributed by atoms with Crippen LogP contribution < -0.4 is 4.90 Å². The topological polar surface area (TPSA) is 63.5 Å². The van der Waals surface area contributed by atoms with Gasteiger partial charge in [0.2, 0.25) is 0 Å². The molecule has 3 aliphatic heterocycles. The second-order valence-electron chi connectivity index (χ2n) is 9.03. The van der Waals surface area contributed by atoms with Gasteiger partial charge in [0.1, 0.15) is 12.0 Å². The van der Waals surface area contributed by atoms with Gasteiger partial charge in [0.25, 0.3) is 5.91 Å². The number of nitrogens with zero attached hydrogens (tertiary/aromatic N) is 5. The predicted molar refractivity (Wildman–Crippen MR) is 120 cm³/mol. The van der Waals surface area contributed by atoms with Gasteiger partial charge in [-0.05, 0) is 43.5 Å². The number of aromatic nitrogens is 3. The Kier molecular flexibility index (Phi) is 4.54. The van der Waals surface area contributed by atoms with Crippen LogP contribution in [0.5, 0.6) is 0 Å². The first-order chi connectivity index (χ1) is 15.6. The molecule has 1 aromatic carbocycles. The summed E-state index contributed by atoms with van der Waals surface area (Å²) in [6.07, 6.45) is 5.08. The Morgan fingerprint density at radius 1 is 0.969 bits per heavy atom. The number of pyridine rings is 1. The maximum Gasteiger partial charge on any atom is 0.257 e. The van der Waals surface area contributed by atoms with E-state index in [1.54, 1.807) is 4.68 Å². The highest BCUT2D eigenvalue weighted by molar-refractivity contribution is 5.88. The van der Waals surface area contributed by atoms with E-state index in [1.165, 1.54) is 5.56 Å². The number of aryl methyl sites for hydroxylation is 1. The molecule has 3 aliphatic rings. The molecule has 0 N–H and O–H groups in total. The zero-order chi connectivity index (χ0) is 21.7. The van der Waals surface area contributed by atoms with Gasteiger partial charge in [-0.15, -0.1) is 0 Å². The van der Waals surface area contributed by atoms with Crippen LogP contribution in [0.1, 0.15) is 43.0 Å². The van der Waals surface area contributed by atoms with E-state index < -0.39 is 5.60 Å². The zero-order valence-electron chi connectivity index (χ0n) is 18.2. The summed E-state index contributed by atoms with van der Waals surface area (Å²) in [7, 11) is 0. The zero-order valence-corrected chi connectivity index (χ0v) is 18.2. The van der Waals surface area contributed by atoms with Crippen LogP contribution in [0.4, 0.5) is 5.82 Å². The molecule has 0 aliphatic carbocycles. The Hall–Kier alpha value is -3.19. The number of piperidine rings is 1. The van der Waals surface area contributed by atoms with Crippen molar-refractivity contribution in [3.05, 3.63) is 72.1 Å². The molecule has 164 valence electrons. The molecule has 1 spiro atoms. The minimum absolute atomic E-state index is 0.0937. The first-order valence-electron chi connectivity index (χ1n) is 11.4. The summed E-state index contributed by atoms with van der Waals surface area (Å²) in [5.74, 6) is 1.89. The van der Waals surface area contributed by atoms with E-state index in [9.17, 15) is 4.79 Å². The summed E-state index contributed by atoms with van der Waals surface area (Å²) in [6.45, 7) is 3.46. The number of hydrogen-bond donors (Lipinski definition) is 0. The SMILES string of the molecule is Cc1ccn(-c2cccc(N3CCC4(CC3)O[C@@H]3CC[C@@H](c5ccccc5)N3C4=O)n2)n1. The fourth-order valence-corrected chi connectivity index (χ4v) is 5.40. The third-order valence-electron chi connectivity index (χ3n) is 7.08. The highest BCUT2D eigenvalue weighted by atomic mass is 16.6. The van der Waals surface area contributed by atoms with Crippen LogP contribution in [-0.2, 0) is 9.53 Å². The van der Waals surface area contributed by atoms with Crippen LogP contribution in [0.2, 0.25) is 0 Å². The van der Waals surface area contributed by atoms with Gasteiger partial charge in [0.05, 0.1) is 11.7 Å². The Morgan fingerprint density at radius 3 is 2.50 bits per heavy atom. The number of amides is 1. The van der Waals surface area contributed by atoms with Crippen molar-refractivity contribution in [2.24, 2.45) is 0 Å². The van der Waals surface area contributed by atoms with Gasteiger partial charge in [0.15, 0.2) is 11.4 Å². The highest BCUT2D eigenvalue weighted by Gasteiger charge is 2.57. The van der Waals surface area contributed by atoms with E-state index in [0.717, 1.165) is 43.3 Å². The monoisotopic (exact) mass is 429 g/mol. The number of benzene rings is 1. The van der Waals surface area contributed by atoms with Gasteiger partial charge in [-0.3, -0.25) is 4.79 Å². The number of rotatable bonds is 3. The summed E-state index contributed by atoms with van der Waals surface area (Å²) in [5.41, 5.74) is 1.48. The molecule has 6 rings (SSSR count). The summed E-state index contributed by atoms with van der Waals surface area (Å²) in [4.78, 5) is 22.7. The molecule has 32 heavy (non-hydrogen) atoms. The Balaban J connectivity index is 1.18. The summed E-state index contributed by atoms with van der Waals surface area (Å²) < 4.78 is 8.27. The predicted octanol–water partition coefficient (Wildman–Crippen LogP) is 3.63. The number of anilines is 1. The molecular formula is C25H27N5O2. The molecule has 3 fully saturated rings. The molecule has 1 amide bonds. The van der Waals surface area contributed by atoms with Gasteiger partial charge >= 0.3 is 0 Å². The third kappa shape index (κ3) is 3.11. The van der Waals surface area contributed by atoms with Crippen molar-refractivity contribution < 1.29 is 9.53 Å². The van der Waals surface area contributed by atoms with Crippen LogP contribution in [0.3, 0.4) is 0 Å². The van der Waals surface area contributed by atoms with E-state index in [-0.39, 0.29) is 18.2 Å². The summed E-state index contributed by atoms with van der Waals surface area (Å²) >= 11 is 0. The van der Waals surface area contributed by atoms with Crippen LogP contribution >= 0.6 is 0 Å². The van der Waals surface area contributed by atoms with E-state index in [2.05, 4.69) is 22.1 Å². The molecule has 7 heteroatoms. The maximum absolute atomic E-state index is 13.6. The van der Waals surface area contributed by atoms with Crippen LogP contribution in [0, 0.1) is 6.92 Å². The van der Waals surface area contributed by atoms with Crippen molar-refractivity contribution in [3.8, 4) is 5.82 Å². The number of carbonyl (C=O) groups excluding carboxylic acids is 1. The van der Waals surface area contributed by atoms with Crippen molar-refractivity contribution in [2.75, 3.05) is 18.0 Å². The Morgan fingerprint density at radius 2 is 1.75 bits per heavy atom. The van der Waals surface area contributed by atoms with Crippen LogP contribution in [-0.4, -0.2) is 50.5 Å². The smallest absolute Gasteiger partial charge is 0.257 e. The van der Waals surface area contributed by atoms with E-state index in [4.69, 9.17) is 9.72 Å². The van der Waals surface area contributed by atoms with Gasteiger partial charge in [0, 0.05) is 32.1 Å². The number of fused-ring (bicyclic) bond motifs is 1. The first-order valence-corrected chi connectivity index (χ1v) is 11.4. The molecular weight excluding hydrogens is 402 g/mol. The van der Waals surface area contributed by atoms with Crippen molar-refractivity contribution in [1.29, 1.82) is 0 Å². The minimum atomic E-state index is -0.689. The molecule has 0 radical (unpaired) electrons. The van der Waals surface area contributed by atoms with Gasteiger partial charge in [-0.2, -0.15) is 5.10 Å². The van der Waals surface area contributed by atoms with Crippen molar-refractivity contribution >= 4 is 11.7 Å². The third-order valence-corrected chi connectivity index (χ3v) is 7.08. The van der Waals surface area contributed by atoms with Crippen molar-refractivity contribution in [1.82, 2.24) is 19.7 Å². The fourth-order valence-electron chi connectivity index (χ4n) is 5.40. The lowest BCUT2D eigenvalue weighted by Gasteiger charge is -2.38. The number of ether oxygens (including phenoxy) is 1. The van der Waals surface area contributed by atoms with Crippen LogP contribution in [0.25, 0.3) is 5.82 Å². The molecule has 0 bridgehead atoms. The summed E-state index contributed by atoms with van der Waals surface area (Å²) in [6, 6.07) is 18.4. The number of hydrogen-bond acceptors (Lipinski definition) is 5. The molecule has 7 nitrogen and oxygen atoms in total. The normalized spacial score (nSPS) is 24.3. The summed E-state index contributed by atoms with van der Waals surface area (Å²) in [5, 5.41) is 4.46. The highest BCUT2D eigenvalue weighted by Crippen LogP contribution is 2.47. The molecule has 0 saturated carbocycles. The largest absolute Gasteiger partial charge is 0.356 e. The van der Waals surface area contributed by atoms with Crippen molar-refractivity contribution in [3.63, 3.8) is 0 Å². The Bertz CT molecular complexity index is 1140. The lowest BCUT2D eigenvalue weighted by Crippen LogP contribution is -2.50. The van der Waals surface area contributed by atoms with Gasteiger partial charge in [-0.25, -0.2) is 9.67 Å². The van der Waals surface area contributed by atoms with Gasteiger partial charge < -0.3 is 14.5 Å². The maximum atomic E-state index is 13.6. The second kappa shape index (κ2) is 7.45. The molecule has 2 aromatic heterocycles. The molecule has 3 saturated heterocycles. The number of carbonyl (C=O) groups is 1. The van der Waals surface area contributed by atoms with E-state index in [0.29, 0.717) is 12.8 Å². The standard InChI is InChI=1S/C25H27N5O2/c1-18-12-15-29(27-18)22-9-5-8-21(26-22)28-16-13-25(14-17-28)24(31)30-20(10-11-23(30)32-25)19-6-3-2-4-7-19/h2-9,12,15,20,23H,10-11,13-14,16-17H2,1H3/t20-,23+/m0/s1. The quantitative estimate of drug-likeness (QED) is 0.636. The first kappa shape index (κ1) is 19.5.